The number of anilines is 1. The highest BCUT2D eigenvalue weighted by atomic mass is 32.2. The van der Waals surface area contributed by atoms with Crippen LogP contribution in [-0.2, 0) is 10.0 Å². The molecular formula is C20H30N4O2S2. The van der Waals surface area contributed by atoms with E-state index in [9.17, 15) is 8.42 Å². The second-order valence-electron chi connectivity index (χ2n) is 7.89. The fourth-order valence-corrected chi connectivity index (χ4v) is 5.16. The van der Waals surface area contributed by atoms with Gasteiger partial charge in [-0.25, -0.2) is 18.1 Å². The van der Waals surface area contributed by atoms with Crippen LogP contribution in [0.5, 0.6) is 0 Å². The van der Waals surface area contributed by atoms with E-state index in [0.717, 1.165) is 52.8 Å². The van der Waals surface area contributed by atoms with E-state index in [1.165, 1.54) is 0 Å². The van der Waals surface area contributed by atoms with Gasteiger partial charge in [-0.2, -0.15) is 0 Å². The maximum Gasteiger partial charge on any atom is 0.213 e. The predicted octanol–water partition coefficient (Wildman–Crippen LogP) is 4.12. The number of pyridine rings is 1. The van der Waals surface area contributed by atoms with Crippen molar-refractivity contribution in [3.05, 3.63) is 28.8 Å². The standard InChI is InChI=1S/C20H30N4O2S2/c1-13(2)28(25,26)21-12-16-8-10-17(11-9-16)23-20-24-19(15(4)27-20)18-7-5-6-14(3)22-18/h5-7,13,16-17,21H,8-12H2,1-4H3,(H,23,24). The fraction of sp³-hybridized carbons (Fsp3) is 0.600. The molecule has 8 heteroatoms. The average Bonchev–Trinajstić information content (AvgIpc) is 3.01. The summed E-state index contributed by atoms with van der Waals surface area (Å²) in [7, 11) is -3.17. The van der Waals surface area contributed by atoms with Gasteiger partial charge in [-0.3, -0.25) is 4.98 Å². The van der Waals surface area contributed by atoms with Crippen molar-refractivity contribution in [3.63, 3.8) is 0 Å². The first-order valence-electron chi connectivity index (χ1n) is 9.91. The SMILES string of the molecule is Cc1cccc(-c2nc(NC3CCC(CNS(=O)(=O)C(C)C)CC3)sc2C)n1. The van der Waals surface area contributed by atoms with Gasteiger partial charge >= 0.3 is 0 Å². The van der Waals surface area contributed by atoms with Crippen LogP contribution in [0.25, 0.3) is 11.4 Å². The van der Waals surface area contributed by atoms with Crippen molar-refractivity contribution in [1.82, 2.24) is 14.7 Å². The molecule has 0 radical (unpaired) electrons. The molecule has 2 N–H and O–H groups in total. The van der Waals surface area contributed by atoms with E-state index in [1.807, 2.05) is 25.1 Å². The van der Waals surface area contributed by atoms with Crippen LogP contribution < -0.4 is 10.0 Å². The number of rotatable bonds is 7. The third kappa shape index (κ3) is 5.30. The molecule has 2 aromatic heterocycles. The zero-order valence-corrected chi connectivity index (χ0v) is 18.7. The van der Waals surface area contributed by atoms with Crippen molar-refractivity contribution < 1.29 is 8.42 Å². The first-order chi connectivity index (χ1) is 13.2. The van der Waals surface area contributed by atoms with E-state index in [-0.39, 0.29) is 5.25 Å². The summed E-state index contributed by atoms with van der Waals surface area (Å²) in [6.45, 7) is 8.04. The predicted molar refractivity (Wildman–Crippen MR) is 116 cm³/mol. The smallest absolute Gasteiger partial charge is 0.213 e. The molecule has 0 aromatic carbocycles. The lowest BCUT2D eigenvalue weighted by Gasteiger charge is -2.29. The molecule has 6 nitrogen and oxygen atoms in total. The summed E-state index contributed by atoms with van der Waals surface area (Å²) in [5.41, 5.74) is 2.86. The second kappa shape index (κ2) is 8.88. The van der Waals surface area contributed by atoms with Gasteiger partial charge in [-0.1, -0.05) is 6.07 Å². The summed E-state index contributed by atoms with van der Waals surface area (Å²) in [4.78, 5) is 10.5. The molecule has 0 unspecified atom stereocenters. The quantitative estimate of drug-likeness (QED) is 0.701. The molecule has 0 spiro atoms. The number of hydrogen-bond donors (Lipinski definition) is 2. The molecule has 0 saturated heterocycles. The lowest BCUT2D eigenvalue weighted by molar-refractivity contribution is 0.337. The summed E-state index contributed by atoms with van der Waals surface area (Å²) in [5, 5.41) is 4.14. The zero-order chi connectivity index (χ0) is 20.3. The Labute approximate surface area is 172 Å². The Kier molecular flexibility index (Phi) is 6.73. The van der Waals surface area contributed by atoms with Gasteiger partial charge in [0, 0.05) is 23.2 Å². The van der Waals surface area contributed by atoms with Crippen LogP contribution in [0.15, 0.2) is 18.2 Å². The lowest BCUT2D eigenvalue weighted by Crippen LogP contribution is -2.37. The van der Waals surface area contributed by atoms with Crippen molar-refractivity contribution in [2.24, 2.45) is 5.92 Å². The van der Waals surface area contributed by atoms with E-state index in [4.69, 9.17) is 4.98 Å². The normalized spacial score (nSPS) is 20.5. The third-order valence-corrected chi connectivity index (χ3v) is 8.01. The molecule has 1 fully saturated rings. The minimum Gasteiger partial charge on any atom is -0.359 e. The maximum absolute atomic E-state index is 11.9. The molecule has 28 heavy (non-hydrogen) atoms. The Bertz CT molecular complexity index is 901. The Balaban J connectivity index is 1.53. The third-order valence-electron chi connectivity index (χ3n) is 5.30. The molecule has 2 aromatic rings. The largest absolute Gasteiger partial charge is 0.359 e. The molecule has 3 rings (SSSR count). The molecule has 1 aliphatic rings. The number of aryl methyl sites for hydroxylation is 2. The van der Waals surface area contributed by atoms with Crippen LogP contribution >= 0.6 is 11.3 Å². The van der Waals surface area contributed by atoms with Crippen LogP contribution in [0.1, 0.15) is 50.1 Å². The molecule has 0 amide bonds. The average molecular weight is 423 g/mol. The van der Waals surface area contributed by atoms with Crippen LogP contribution in [0.3, 0.4) is 0 Å². The topological polar surface area (TPSA) is 84.0 Å². The van der Waals surface area contributed by atoms with Crippen molar-refractivity contribution in [2.45, 2.75) is 64.7 Å². The highest BCUT2D eigenvalue weighted by Crippen LogP contribution is 2.32. The number of aromatic nitrogens is 2. The molecule has 1 saturated carbocycles. The molecule has 0 aliphatic heterocycles. The molecule has 1 aliphatic carbocycles. The van der Waals surface area contributed by atoms with Gasteiger partial charge in [-0.05, 0) is 71.4 Å². The van der Waals surface area contributed by atoms with E-state index in [0.29, 0.717) is 18.5 Å². The van der Waals surface area contributed by atoms with Crippen molar-refractivity contribution in [2.75, 3.05) is 11.9 Å². The summed E-state index contributed by atoms with van der Waals surface area (Å²) in [5.74, 6) is 0.414. The summed E-state index contributed by atoms with van der Waals surface area (Å²) < 4.78 is 26.6. The minimum absolute atomic E-state index is 0.379. The molecule has 2 heterocycles. The van der Waals surface area contributed by atoms with Crippen LogP contribution in [0.4, 0.5) is 5.13 Å². The Hall–Kier alpha value is -1.51. The molecular weight excluding hydrogens is 392 g/mol. The Morgan fingerprint density at radius 1 is 1.14 bits per heavy atom. The highest BCUT2D eigenvalue weighted by molar-refractivity contribution is 7.90. The number of hydrogen-bond acceptors (Lipinski definition) is 6. The minimum atomic E-state index is -3.17. The highest BCUT2D eigenvalue weighted by Gasteiger charge is 2.24. The van der Waals surface area contributed by atoms with Crippen LogP contribution in [0, 0.1) is 19.8 Å². The van der Waals surface area contributed by atoms with Crippen LogP contribution in [-0.4, -0.2) is 36.2 Å². The maximum atomic E-state index is 11.9. The number of thiazole rings is 1. The monoisotopic (exact) mass is 422 g/mol. The summed E-state index contributed by atoms with van der Waals surface area (Å²) in [6.07, 6.45) is 4.11. The Morgan fingerprint density at radius 2 is 1.86 bits per heavy atom. The van der Waals surface area contributed by atoms with Crippen molar-refractivity contribution >= 4 is 26.5 Å². The first kappa shape index (κ1) is 21.2. The Morgan fingerprint density at radius 3 is 2.50 bits per heavy atom. The van der Waals surface area contributed by atoms with Gasteiger partial charge in [0.05, 0.1) is 10.9 Å². The number of nitrogens with one attached hydrogen (secondary N) is 2. The molecule has 0 atom stereocenters. The van der Waals surface area contributed by atoms with Crippen LogP contribution in [0.2, 0.25) is 0 Å². The summed E-state index contributed by atoms with van der Waals surface area (Å²) >= 11 is 1.67. The van der Waals surface area contributed by atoms with Crippen molar-refractivity contribution in [3.8, 4) is 11.4 Å². The van der Waals surface area contributed by atoms with Gasteiger partial charge in [0.2, 0.25) is 10.0 Å². The summed E-state index contributed by atoms with van der Waals surface area (Å²) in [6, 6.07) is 6.40. The molecule has 154 valence electrons. The molecule has 0 bridgehead atoms. The van der Waals surface area contributed by atoms with E-state index in [1.54, 1.807) is 25.2 Å². The van der Waals surface area contributed by atoms with E-state index in [2.05, 4.69) is 21.9 Å². The number of sulfonamides is 1. The fourth-order valence-electron chi connectivity index (χ4n) is 3.46. The zero-order valence-electron chi connectivity index (χ0n) is 17.0. The van der Waals surface area contributed by atoms with Gasteiger partial charge in [0.25, 0.3) is 0 Å². The van der Waals surface area contributed by atoms with E-state index < -0.39 is 10.0 Å². The van der Waals surface area contributed by atoms with Gasteiger partial charge in [0.15, 0.2) is 5.13 Å². The second-order valence-corrected chi connectivity index (χ2v) is 11.4. The van der Waals surface area contributed by atoms with Gasteiger partial charge in [0.1, 0.15) is 5.69 Å². The first-order valence-corrected chi connectivity index (χ1v) is 12.3. The number of nitrogens with zero attached hydrogens (tertiary/aromatic N) is 2. The van der Waals surface area contributed by atoms with Crippen molar-refractivity contribution in [1.29, 1.82) is 0 Å². The van der Waals surface area contributed by atoms with E-state index >= 15 is 0 Å². The lowest BCUT2D eigenvalue weighted by atomic mass is 9.86. The van der Waals surface area contributed by atoms with Gasteiger partial charge < -0.3 is 5.32 Å². The van der Waals surface area contributed by atoms with Gasteiger partial charge in [-0.15, -0.1) is 11.3 Å².